The summed E-state index contributed by atoms with van der Waals surface area (Å²) in [5.74, 6) is 1.10. The minimum atomic E-state index is -0.212. The van der Waals surface area contributed by atoms with Crippen LogP contribution in [0.3, 0.4) is 0 Å². The lowest BCUT2D eigenvalue weighted by atomic mass is 10.2. The predicted octanol–water partition coefficient (Wildman–Crippen LogP) is 2.99. The molecule has 0 aliphatic heterocycles. The van der Waals surface area contributed by atoms with Gasteiger partial charge >= 0.3 is 0 Å². The maximum absolute atomic E-state index is 12.1. The summed E-state index contributed by atoms with van der Waals surface area (Å²) in [5, 5.41) is 2.76. The van der Waals surface area contributed by atoms with Gasteiger partial charge in [-0.05, 0) is 25.1 Å². The van der Waals surface area contributed by atoms with Gasteiger partial charge in [0.05, 0.1) is 18.1 Å². The number of nitrogens with zero attached hydrogens (tertiary/aromatic N) is 4. The molecule has 3 aromatic rings. The first-order chi connectivity index (χ1) is 10.6. The zero-order valence-electron chi connectivity index (χ0n) is 11.7. The van der Waals surface area contributed by atoms with Gasteiger partial charge in [0.25, 0.3) is 5.91 Å². The van der Waals surface area contributed by atoms with Crippen LogP contribution >= 0.6 is 15.9 Å². The number of hydrogen-bond acceptors (Lipinski definition) is 4. The molecule has 0 saturated carbocycles. The second-order valence-corrected chi connectivity index (χ2v) is 5.50. The van der Waals surface area contributed by atoms with E-state index in [1.165, 1.54) is 0 Å². The van der Waals surface area contributed by atoms with Crippen molar-refractivity contribution in [1.29, 1.82) is 0 Å². The molecule has 110 valence electrons. The Morgan fingerprint density at radius 2 is 2.00 bits per heavy atom. The quantitative estimate of drug-likeness (QED) is 0.781. The fourth-order valence-corrected chi connectivity index (χ4v) is 2.33. The summed E-state index contributed by atoms with van der Waals surface area (Å²) in [7, 11) is 0. The molecule has 1 amide bonds. The van der Waals surface area contributed by atoms with Gasteiger partial charge in [0.1, 0.15) is 5.82 Å². The minimum absolute atomic E-state index is 0.212. The minimum Gasteiger partial charge on any atom is -0.319 e. The molecule has 2 aromatic heterocycles. The highest BCUT2D eigenvalue weighted by Gasteiger charge is 2.08. The van der Waals surface area contributed by atoms with Crippen LogP contribution in [0.15, 0.2) is 53.5 Å². The molecule has 0 spiro atoms. The van der Waals surface area contributed by atoms with Crippen LogP contribution in [0.5, 0.6) is 0 Å². The molecule has 1 N–H and O–H groups in total. The largest absolute Gasteiger partial charge is 0.319 e. The number of imidazole rings is 1. The van der Waals surface area contributed by atoms with E-state index in [1.807, 2.05) is 13.0 Å². The van der Waals surface area contributed by atoms with Gasteiger partial charge < -0.3 is 5.32 Å². The lowest BCUT2D eigenvalue weighted by Gasteiger charge is -2.06. The number of nitrogens with one attached hydrogen (secondary N) is 1. The third-order valence-electron chi connectivity index (χ3n) is 3.02. The maximum Gasteiger partial charge on any atom is 0.255 e. The average molecular weight is 358 g/mol. The Morgan fingerprint density at radius 3 is 2.64 bits per heavy atom. The molecule has 0 saturated heterocycles. The molecule has 2 heterocycles. The Labute approximate surface area is 135 Å². The van der Waals surface area contributed by atoms with Crippen molar-refractivity contribution in [3.05, 3.63) is 64.9 Å². The van der Waals surface area contributed by atoms with Crippen molar-refractivity contribution >= 4 is 27.5 Å². The van der Waals surface area contributed by atoms with Gasteiger partial charge in [-0.25, -0.2) is 15.0 Å². The van der Waals surface area contributed by atoms with Crippen molar-refractivity contribution in [3.8, 4) is 5.95 Å². The fraction of sp³-hybridized carbons (Fsp3) is 0.0667. The lowest BCUT2D eigenvalue weighted by Crippen LogP contribution is -2.13. The predicted molar refractivity (Wildman–Crippen MR) is 86.0 cm³/mol. The summed E-state index contributed by atoms with van der Waals surface area (Å²) in [4.78, 5) is 24.7. The van der Waals surface area contributed by atoms with Crippen molar-refractivity contribution in [2.24, 2.45) is 0 Å². The second-order valence-electron chi connectivity index (χ2n) is 4.58. The first-order valence-corrected chi connectivity index (χ1v) is 7.32. The summed E-state index contributed by atoms with van der Waals surface area (Å²) < 4.78 is 2.61. The van der Waals surface area contributed by atoms with E-state index in [-0.39, 0.29) is 5.91 Å². The van der Waals surface area contributed by atoms with Crippen LogP contribution in [0.4, 0.5) is 5.69 Å². The molecule has 0 atom stereocenters. The molecule has 6 nitrogen and oxygen atoms in total. The highest BCUT2D eigenvalue weighted by atomic mass is 79.9. The molecule has 7 heteroatoms. The standard InChI is InChI=1S/C15H12BrN5O/c1-10-17-5-6-21(10)15-18-8-13(9-19-15)20-14(22)11-3-2-4-12(16)7-11/h2-9H,1H3,(H,20,22). The summed E-state index contributed by atoms with van der Waals surface area (Å²) in [6, 6.07) is 7.16. The van der Waals surface area contributed by atoms with Gasteiger partial charge in [0.15, 0.2) is 0 Å². The highest BCUT2D eigenvalue weighted by molar-refractivity contribution is 9.10. The van der Waals surface area contributed by atoms with Crippen LogP contribution in [0.1, 0.15) is 16.2 Å². The van der Waals surface area contributed by atoms with E-state index in [2.05, 4.69) is 36.2 Å². The fourth-order valence-electron chi connectivity index (χ4n) is 1.93. The number of amides is 1. The Morgan fingerprint density at radius 1 is 1.23 bits per heavy atom. The normalized spacial score (nSPS) is 10.5. The molecular formula is C15H12BrN5O. The molecule has 3 rings (SSSR count). The number of aryl methyl sites for hydroxylation is 1. The van der Waals surface area contributed by atoms with Crippen molar-refractivity contribution in [1.82, 2.24) is 19.5 Å². The summed E-state index contributed by atoms with van der Waals surface area (Å²) >= 11 is 3.34. The number of halogens is 1. The van der Waals surface area contributed by atoms with Gasteiger partial charge in [-0.1, -0.05) is 22.0 Å². The number of benzene rings is 1. The molecule has 0 fully saturated rings. The first kappa shape index (κ1) is 14.4. The molecule has 0 bridgehead atoms. The Hall–Kier alpha value is -2.54. The first-order valence-electron chi connectivity index (χ1n) is 6.53. The molecule has 0 aliphatic rings. The van der Waals surface area contributed by atoms with Crippen LogP contribution in [0, 0.1) is 6.92 Å². The molecule has 22 heavy (non-hydrogen) atoms. The number of carbonyl (C=O) groups excluding carboxylic acids is 1. The molecule has 0 unspecified atom stereocenters. The number of aromatic nitrogens is 4. The van der Waals surface area contributed by atoms with Crippen molar-refractivity contribution in [2.75, 3.05) is 5.32 Å². The monoisotopic (exact) mass is 357 g/mol. The van der Waals surface area contributed by atoms with Gasteiger partial charge in [0.2, 0.25) is 5.95 Å². The number of carbonyl (C=O) groups is 1. The van der Waals surface area contributed by atoms with E-state index < -0.39 is 0 Å². The molecular weight excluding hydrogens is 346 g/mol. The van der Waals surface area contributed by atoms with Crippen molar-refractivity contribution in [3.63, 3.8) is 0 Å². The summed E-state index contributed by atoms with van der Waals surface area (Å²) in [6.45, 7) is 1.87. The molecule has 0 aliphatic carbocycles. The molecule has 1 aromatic carbocycles. The Kier molecular flexibility index (Phi) is 3.97. The van der Waals surface area contributed by atoms with Crippen LogP contribution in [-0.2, 0) is 0 Å². The van der Waals surface area contributed by atoms with E-state index >= 15 is 0 Å². The zero-order chi connectivity index (χ0) is 15.5. The zero-order valence-corrected chi connectivity index (χ0v) is 13.3. The van der Waals surface area contributed by atoms with E-state index in [1.54, 1.807) is 47.6 Å². The van der Waals surface area contributed by atoms with Gasteiger partial charge in [-0.3, -0.25) is 9.36 Å². The topological polar surface area (TPSA) is 72.7 Å². The molecule has 0 radical (unpaired) electrons. The van der Waals surface area contributed by atoms with Crippen LogP contribution < -0.4 is 5.32 Å². The highest BCUT2D eigenvalue weighted by Crippen LogP contribution is 2.14. The van der Waals surface area contributed by atoms with Crippen LogP contribution in [0.2, 0.25) is 0 Å². The number of hydrogen-bond donors (Lipinski definition) is 1. The summed E-state index contributed by atoms with van der Waals surface area (Å²) in [6.07, 6.45) is 6.60. The van der Waals surface area contributed by atoms with Crippen molar-refractivity contribution < 1.29 is 4.79 Å². The van der Waals surface area contributed by atoms with E-state index in [9.17, 15) is 4.79 Å². The third-order valence-corrected chi connectivity index (χ3v) is 3.52. The lowest BCUT2D eigenvalue weighted by molar-refractivity contribution is 0.102. The second kappa shape index (κ2) is 6.07. The van der Waals surface area contributed by atoms with E-state index in [4.69, 9.17) is 0 Å². The van der Waals surface area contributed by atoms with E-state index in [0.717, 1.165) is 10.3 Å². The van der Waals surface area contributed by atoms with E-state index in [0.29, 0.717) is 17.2 Å². The van der Waals surface area contributed by atoms with Gasteiger partial charge in [0, 0.05) is 22.4 Å². The van der Waals surface area contributed by atoms with Crippen LogP contribution in [-0.4, -0.2) is 25.4 Å². The Balaban J connectivity index is 1.76. The summed E-state index contributed by atoms with van der Waals surface area (Å²) in [5.41, 5.74) is 1.09. The van der Waals surface area contributed by atoms with Gasteiger partial charge in [-0.2, -0.15) is 0 Å². The Bertz CT molecular complexity index is 813. The smallest absolute Gasteiger partial charge is 0.255 e. The van der Waals surface area contributed by atoms with Crippen molar-refractivity contribution in [2.45, 2.75) is 6.92 Å². The number of rotatable bonds is 3. The SMILES string of the molecule is Cc1nccn1-c1ncc(NC(=O)c2cccc(Br)c2)cn1. The number of anilines is 1. The third kappa shape index (κ3) is 3.04. The van der Waals surface area contributed by atoms with Gasteiger partial charge in [-0.15, -0.1) is 0 Å². The van der Waals surface area contributed by atoms with Crippen LogP contribution in [0.25, 0.3) is 5.95 Å². The average Bonchev–Trinajstić information content (AvgIpc) is 2.94. The maximum atomic E-state index is 12.1.